The molecule has 0 aliphatic heterocycles. The Morgan fingerprint density at radius 3 is 2.73 bits per heavy atom. The number of aliphatic imine (C=N–C) groups is 1. The van der Waals surface area contributed by atoms with E-state index in [4.69, 9.17) is 0 Å². The van der Waals surface area contributed by atoms with Gasteiger partial charge < -0.3 is 5.32 Å². The van der Waals surface area contributed by atoms with Gasteiger partial charge in [0.25, 0.3) is 0 Å². The Bertz CT molecular complexity index is 1270. The number of nitrogens with zero attached hydrogens (tertiary/aromatic N) is 4. The van der Waals surface area contributed by atoms with E-state index < -0.39 is 0 Å². The van der Waals surface area contributed by atoms with Crippen LogP contribution in [-0.4, -0.2) is 27.7 Å². The van der Waals surface area contributed by atoms with Crippen LogP contribution < -0.4 is 5.32 Å². The number of allylic oxidation sites excluding steroid dienone is 2. The van der Waals surface area contributed by atoms with Crippen LogP contribution in [0.2, 0.25) is 0 Å². The fraction of sp³-hybridized carbons (Fsp3) is 0.120. The molecule has 0 saturated carbocycles. The summed E-state index contributed by atoms with van der Waals surface area (Å²) < 4.78 is 0. The van der Waals surface area contributed by atoms with Crippen LogP contribution >= 0.6 is 0 Å². The highest BCUT2D eigenvalue weighted by Crippen LogP contribution is 2.32. The van der Waals surface area contributed by atoms with Crippen molar-refractivity contribution in [3.8, 4) is 11.1 Å². The molecule has 5 heteroatoms. The van der Waals surface area contributed by atoms with Crippen molar-refractivity contribution in [3.63, 3.8) is 0 Å². The molecule has 0 aliphatic carbocycles. The maximum Gasteiger partial charge on any atom is 0.0966 e. The van der Waals surface area contributed by atoms with Gasteiger partial charge >= 0.3 is 0 Å². The molecular formula is C25H23N5. The van der Waals surface area contributed by atoms with Gasteiger partial charge in [-0.15, -0.1) is 0 Å². The molecule has 4 rings (SSSR count). The molecule has 2 aromatic heterocycles. The molecule has 0 amide bonds. The minimum Gasteiger partial charge on any atom is -0.379 e. The van der Waals surface area contributed by atoms with Crippen molar-refractivity contribution in [2.45, 2.75) is 19.9 Å². The number of fused-ring (bicyclic) bond motifs is 2. The van der Waals surface area contributed by atoms with Crippen LogP contribution in [0.5, 0.6) is 0 Å². The summed E-state index contributed by atoms with van der Waals surface area (Å²) in [5, 5.41) is 4.68. The molecule has 1 unspecified atom stereocenters. The lowest BCUT2D eigenvalue weighted by Gasteiger charge is -2.18. The summed E-state index contributed by atoms with van der Waals surface area (Å²) in [5.74, 6) is 0. The molecule has 2 heterocycles. The number of aromatic nitrogens is 3. The highest BCUT2D eigenvalue weighted by atomic mass is 14.9. The maximum absolute atomic E-state index is 4.60. The third kappa shape index (κ3) is 4.10. The summed E-state index contributed by atoms with van der Waals surface area (Å²) in [5.41, 5.74) is 7.02. The second-order valence-electron chi connectivity index (χ2n) is 7.16. The molecule has 1 N–H and O–H groups in total. The van der Waals surface area contributed by atoms with Gasteiger partial charge in [-0.2, -0.15) is 0 Å². The molecule has 0 bridgehead atoms. The van der Waals surface area contributed by atoms with Crippen LogP contribution in [0.25, 0.3) is 33.1 Å². The SMILES string of the molecule is C=N/C=C\C=C(/C)C(C)Nc1cc(-c2ccc3ncccc3c2)c2nccnc2c1. The zero-order chi connectivity index (χ0) is 20.9. The van der Waals surface area contributed by atoms with Crippen molar-refractivity contribution >= 4 is 34.3 Å². The lowest BCUT2D eigenvalue weighted by molar-refractivity contribution is 0.924. The maximum atomic E-state index is 4.60. The molecule has 30 heavy (non-hydrogen) atoms. The average Bonchev–Trinajstić information content (AvgIpc) is 2.78. The summed E-state index contributed by atoms with van der Waals surface area (Å²) in [6, 6.07) is 14.6. The van der Waals surface area contributed by atoms with E-state index in [0.29, 0.717) is 0 Å². The van der Waals surface area contributed by atoms with Gasteiger partial charge in [0.15, 0.2) is 0 Å². The number of benzene rings is 2. The van der Waals surface area contributed by atoms with E-state index in [9.17, 15) is 0 Å². The van der Waals surface area contributed by atoms with Crippen molar-refractivity contribution in [1.82, 2.24) is 15.0 Å². The molecule has 2 aromatic carbocycles. The van der Waals surface area contributed by atoms with Gasteiger partial charge in [-0.1, -0.05) is 23.8 Å². The predicted molar refractivity (Wildman–Crippen MR) is 126 cm³/mol. The number of pyridine rings is 1. The Morgan fingerprint density at radius 2 is 1.87 bits per heavy atom. The molecule has 1 atom stereocenters. The van der Waals surface area contributed by atoms with Crippen LogP contribution in [0.15, 0.2) is 90.0 Å². The molecular weight excluding hydrogens is 370 g/mol. The number of rotatable bonds is 6. The monoisotopic (exact) mass is 393 g/mol. The second-order valence-corrected chi connectivity index (χ2v) is 7.16. The minimum absolute atomic E-state index is 0.141. The van der Waals surface area contributed by atoms with Crippen molar-refractivity contribution in [3.05, 3.63) is 85.0 Å². The summed E-state index contributed by atoms with van der Waals surface area (Å²) in [6.45, 7) is 7.67. The number of hydrogen-bond acceptors (Lipinski definition) is 5. The Morgan fingerprint density at radius 1 is 1.03 bits per heavy atom. The standard InChI is InChI=1S/C25H23N5/c1-17(6-4-10-26-3)18(2)30-21-15-22(25-24(16-21)28-12-13-29-25)19-8-9-23-20(14-19)7-5-11-27-23/h4-16,18,30H,3H2,1-2H3/b10-4-,17-6+. The number of hydrogen-bond donors (Lipinski definition) is 1. The minimum atomic E-state index is 0.141. The van der Waals surface area contributed by atoms with E-state index in [1.54, 1.807) is 18.6 Å². The largest absolute Gasteiger partial charge is 0.379 e. The van der Waals surface area contributed by atoms with Gasteiger partial charge in [-0.25, -0.2) is 0 Å². The van der Waals surface area contributed by atoms with E-state index in [0.717, 1.165) is 38.8 Å². The van der Waals surface area contributed by atoms with Gasteiger partial charge in [0.1, 0.15) is 0 Å². The van der Waals surface area contributed by atoms with Gasteiger partial charge in [-0.05, 0) is 62.5 Å². The first kappa shape index (κ1) is 19.5. The van der Waals surface area contributed by atoms with Crippen molar-refractivity contribution in [1.29, 1.82) is 0 Å². The van der Waals surface area contributed by atoms with Gasteiger partial charge in [-0.3, -0.25) is 19.9 Å². The zero-order valence-electron chi connectivity index (χ0n) is 17.1. The molecule has 5 nitrogen and oxygen atoms in total. The average molecular weight is 393 g/mol. The molecule has 148 valence electrons. The lowest BCUT2D eigenvalue weighted by atomic mass is 10.0. The third-order valence-electron chi connectivity index (χ3n) is 5.10. The first-order valence-corrected chi connectivity index (χ1v) is 9.81. The van der Waals surface area contributed by atoms with Crippen molar-refractivity contribution < 1.29 is 0 Å². The second kappa shape index (κ2) is 8.66. The van der Waals surface area contributed by atoms with Gasteiger partial charge in [0, 0.05) is 47.5 Å². The Hall–Kier alpha value is -3.86. The van der Waals surface area contributed by atoms with E-state index in [1.807, 2.05) is 36.5 Å². The smallest absolute Gasteiger partial charge is 0.0966 e. The Labute approximate surface area is 175 Å². The summed E-state index contributed by atoms with van der Waals surface area (Å²) in [6.07, 6.45) is 10.9. The third-order valence-corrected chi connectivity index (χ3v) is 5.10. The van der Waals surface area contributed by atoms with Gasteiger partial charge in [0.2, 0.25) is 0 Å². The Kier molecular flexibility index (Phi) is 5.61. The molecule has 0 aliphatic rings. The Balaban J connectivity index is 1.76. The van der Waals surface area contributed by atoms with E-state index >= 15 is 0 Å². The molecule has 0 saturated heterocycles. The zero-order valence-corrected chi connectivity index (χ0v) is 17.1. The van der Waals surface area contributed by atoms with E-state index in [1.165, 1.54) is 5.57 Å². The van der Waals surface area contributed by atoms with Crippen LogP contribution in [0.3, 0.4) is 0 Å². The molecule has 0 radical (unpaired) electrons. The van der Waals surface area contributed by atoms with Crippen LogP contribution in [-0.2, 0) is 0 Å². The molecule has 0 spiro atoms. The van der Waals surface area contributed by atoms with Crippen LogP contribution in [0, 0.1) is 0 Å². The highest BCUT2D eigenvalue weighted by Gasteiger charge is 2.11. The van der Waals surface area contributed by atoms with Crippen LogP contribution in [0.4, 0.5) is 5.69 Å². The summed E-state index contributed by atoms with van der Waals surface area (Å²) in [4.78, 5) is 17.3. The van der Waals surface area contributed by atoms with E-state index in [2.05, 4.69) is 70.1 Å². The topological polar surface area (TPSA) is 63.1 Å². The highest BCUT2D eigenvalue weighted by molar-refractivity contribution is 5.96. The number of nitrogens with one attached hydrogen (secondary N) is 1. The lowest BCUT2D eigenvalue weighted by Crippen LogP contribution is -2.16. The first-order chi connectivity index (χ1) is 14.7. The van der Waals surface area contributed by atoms with Crippen LogP contribution in [0.1, 0.15) is 13.8 Å². The molecule has 0 fully saturated rings. The van der Waals surface area contributed by atoms with E-state index in [-0.39, 0.29) is 6.04 Å². The summed E-state index contributed by atoms with van der Waals surface area (Å²) in [7, 11) is 0. The quantitative estimate of drug-likeness (QED) is 0.332. The summed E-state index contributed by atoms with van der Waals surface area (Å²) >= 11 is 0. The normalized spacial score (nSPS) is 13.1. The fourth-order valence-electron chi connectivity index (χ4n) is 3.39. The fourth-order valence-corrected chi connectivity index (χ4v) is 3.39. The predicted octanol–water partition coefficient (Wildman–Crippen LogP) is 5.81. The molecule has 4 aromatic rings. The number of anilines is 1. The first-order valence-electron chi connectivity index (χ1n) is 9.81. The van der Waals surface area contributed by atoms with Crippen molar-refractivity contribution in [2.75, 3.05) is 5.32 Å². The van der Waals surface area contributed by atoms with Gasteiger partial charge in [0.05, 0.1) is 16.6 Å². The van der Waals surface area contributed by atoms with Crippen molar-refractivity contribution in [2.24, 2.45) is 4.99 Å².